The summed E-state index contributed by atoms with van der Waals surface area (Å²) in [6.45, 7) is 2.43. The number of nitrogens with zero attached hydrogens (tertiary/aromatic N) is 1. The van der Waals surface area contributed by atoms with E-state index in [1.54, 1.807) is 7.11 Å². The number of hydrogen-bond donors (Lipinski definition) is 3. The molecule has 0 atom stereocenters. The normalized spacial score (nSPS) is 15.7. The molecular weight excluding hydrogens is 308 g/mol. The van der Waals surface area contributed by atoms with Gasteiger partial charge in [-0.3, -0.25) is 9.69 Å². The number of rotatable bonds is 7. The van der Waals surface area contributed by atoms with E-state index in [0.717, 1.165) is 43.7 Å². The predicted molar refractivity (Wildman–Crippen MR) is 91.9 cm³/mol. The molecule has 1 heterocycles. The lowest BCUT2D eigenvalue weighted by molar-refractivity contribution is -0.119. The Morgan fingerprint density at radius 2 is 1.92 bits per heavy atom. The van der Waals surface area contributed by atoms with Crippen molar-refractivity contribution in [2.45, 2.75) is 25.3 Å². The number of methoxy groups -OCH3 is 1. The largest absolute Gasteiger partial charge is 0.497 e. The van der Waals surface area contributed by atoms with E-state index in [-0.39, 0.29) is 18.0 Å². The number of urea groups is 1. The Kier molecular flexibility index (Phi) is 6.87. The van der Waals surface area contributed by atoms with Gasteiger partial charge in [0.25, 0.3) is 0 Å². The number of amides is 3. The number of nitrogens with one attached hydrogen (secondary N) is 2. The molecule has 0 saturated carbocycles. The van der Waals surface area contributed by atoms with E-state index in [1.807, 2.05) is 29.2 Å². The Morgan fingerprint density at radius 3 is 2.50 bits per heavy atom. The first-order valence-corrected chi connectivity index (χ1v) is 8.25. The second-order valence-electron chi connectivity index (χ2n) is 6.02. The van der Waals surface area contributed by atoms with E-state index in [0.29, 0.717) is 13.1 Å². The summed E-state index contributed by atoms with van der Waals surface area (Å²) < 4.78 is 5.12. The molecule has 1 aromatic rings. The molecule has 24 heavy (non-hydrogen) atoms. The Hall–Kier alpha value is -2.28. The van der Waals surface area contributed by atoms with Crippen molar-refractivity contribution < 1.29 is 14.3 Å². The van der Waals surface area contributed by atoms with E-state index >= 15 is 0 Å². The van der Waals surface area contributed by atoms with Crippen molar-refractivity contribution in [3.8, 4) is 5.75 Å². The number of likely N-dealkylation sites (tertiary alicyclic amines) is 1. The summed E-state index contributed by atoms with van der Waals surface area (Å²) in [4.78, 5) is 24.8. The lowest BCUT2D eigenvalue weighted by Crippen LogP contribution is -2.49. The van der Waals surface area contributed by atoms with Crippen molar-refractivity contribution in [2.24, 2.45) is 5.73 Å². The van der Waals surface area contributed by atoms with Gasteiger partial charge in [0.15, 0.2) is 0 Å². The van der Waals surface area contributed by atoms with Gasteiger partial charge in [-0.15, -0.1) is 0 Å². The van der Waals surface area contributed by atoms with Crippen LogP contribution in [0.1, 0.15) is 18.4 Å². The molecule has 132 valence electrons. The number of carbonyl (C=O) groups excluding carboxylic acids is 2. The van der Waals surface area contributed by atoms with Crippen molar-refractivity contribution in [2.75, 3.05) is 33.3 Å². The van der Waals surface area contributed by atoms with Gasteiger partial charge in [0.05, 0.1) is 13.7 Å². The van der Waals surface area contributed by atoms with Crippen LogP contribution in [0, 0.1) is 0 Å². The summed E-state index contributed by atoms with van der Waals surface area (Å²) in [5, 5.41) is 5.87. The summed E-state index contributed by atoms with van der Waals surface area (Å²) in [6.07, 6.45) is 2.44. The van der Waals surface area contributed by atoms with Gasteiger partial charge in [-0.1, -0.05) is 12.1 Å². The van der Waals surface area contributed by atoms with Crippen LogP contribution in [-0.2, 0) is 11.2 Å². The summed E-state index contributed by atoms with van der Waals surface area (Å²) in [7, 11) is 1.64. The molecule has 2 rings (SSSR count). The maximum Gasteiger partial charge on any atom is 0.315 e. The van der Waals surface area contributed by atoms with E-state index < -0.39 is 0 Å². The van der Waals surface area contributed by atoms with Gasteiger partial charge in [-0.2, -0.15) is 0 Å². The molecule has 0 spiro atoms. The van der Waals surface area contributed by atoms with Gasteiger partial charge in [0, 0.05) is 25.7 Å². The van der Waals surface area contributed by atoms with Crippen LogP contribution in [0.15, 0.2) is 24.3 Å². The third-order valence-electron chi connectivity index (χ3n) is 4.16. The van der Waals surface area contributed by atoms with E-state index in [4.69, 9.17) is 10.5 Å². The number of piperidine rings is 1. The van der Waals surface area contributed by atoms with Crippen LogP contribution in [-0.4, -0.2) is 56.2 Å². The highest BCUT2D eigenvalue weighted by Crippen LogP contribution is 2.11. The first kappa shape index (κ1) is 18.1. The van der Waals surface area contributed by atoms with Crippen molar-refractivity contribution >= 4 is 11.9 Å². The molecule has 0 radical (unpaired) electrons. The molecule has 1 aromatic carbocycles. The lowest BCUT2D eigenvalue weighted by atomic mass is 10.1. The first-order chi connectivity index (χ1) is 11.6. The smallest absolute Gasteiger partial charge is 0.315 e. The van der Waals surface area contributed by atoms with Gasteiger partial charge in [-0.05, 0) is 37.0 Å². The molecule has 0 bridgehead atoms. The Bertz CT molecular complexity index is 539. The fraction of sp³-hybridized carbons (Fsp3) is 0.529. The molecule has 1 fully saturated rings. The topological polar surface area (TPSA) is 96.7 Å². The minimum Gasteiger partial charge on any atom is -0.497 e. The quantitative estimate of drug-likeness (QED) is 0.676. The molecule has 7 heteroatoms. The van der Waals surface area contributed by atoms with Gasteiger partial charge in [0.2, 0.25) is 5.91 Å². The van der Waals surface area contributed by atoms with Crippen molar-refractivity contribution in [1.82, 2.24) is 15.5 Å². The van der Waals surface area contributed by atoms with Crippen molar-refractivity contribution in [1.29, 1.82) is 0 Å². The molecule has 0 aliphatic carbocycles. The third-order valence-corrected chi connectivity index (χ3v) is 4.16. The monoisotopic (exact) mass is 334 g/mol. The van der Waals surface area contributed by atoms with Crippen molar-refractivity contribution in [3.63, 3.8) is 0 Å². The second-order valence-corrected chi connectivity index (χ2v) is 6.02. The van der Waals surface area contributed by atoms with Gasteiger partial charge >= 0.3 is 6.03 Å². The molecule has 1 aliphatic heterocycles. The van der Waals surface area contributed by atoms with Crippen molar-refractivity contribution in [3.05, 3.63) is 29.8 Å². The SMILES string of the molecule is COc1ccc(CCNC(=O)NC2CCN(CC(N)=O)CC2)cc1. The standard InChI is InChI=1S/C17H26N4O3/c1-24-15-4-2-13(3-5-15)6-9-19-17(23)20-14-7-10-21(11-8-14)12-16(18)22/h2-5,14H,6-12H2,1H3,(H2,18,22)(H2,19,20,23). The van der Waals surface area contributed by atoms with Crippen LogP contribution >= 0.6 is 0 Å². The first-order valence-electron chi connectivity index (χ1n) is 8.25. The van der Waals surface area contributed by atoms with E-state index in [2.05, 4.69) is 10.6 Å². The highest BCUT2D eigenvalue weighted by Gasteiger charge is 2.21. The molecule has 0 aromatic heterocycles. The number of ether oxygens (including phenoxy) is 1. The minimum absolute atomic E-state index is 0.142. The second kappa shape index (κ2) is 9.12. The zero-order valence-corrected chi connectivity index (χ0v) is 14.1. The number of benzene rings is 1. The predicted octanol–water partition coefficient (Wildman–Crippen LogP) is 0.487. The minimum atomic E-state index is -0.308. The maximum absolute atomic E-state index is 11.9. The molecular formula is C17H26N4O3. The van der Waals surface area contributed by atoms with Crippen LogP contribution in [0.25, 0.3) is 0 Å². The number of primary amides is 1. The van der Waals surface area contributed by atoms with E-state index in [1.165, 1.54) is 0 Å². The fourth-order valence-corrected chi connectivity index (χ4v) is 2.80. The summed E-state index contributed by atoms with van der Waals surface area (Å²) in [6, 6.07) is 7.82. The van der Waals surface area contributed by atoms with Gasteiger partial charge < -0.3 is 21.1 Å². The number of nitrogens with two attached hydrogens (primary N) is 1. The summed E-state index contributed by atoms with van der Waals surface area (Å²) in [5.41, 5.74) is 6.34. The maximum atomic E-state index is 11.9. The van der Waals surface area contributed by atoms with Crippen LogP contribution in [0.2, 0.25) is 0 Å². The number of carbonyl (C=O) groups is 2. The third kappa shape index (κ3) is 6.08. The molecule has 4 N–H and O–H groups in total. The fourth-order valence-electron chi connectivity index (χ4n) is 2.80. The Balaban J connectivity index is 1.62. The van der Waals surface area contributed by atoms with Crippen LogP contribution in [0.4, 0.5) is 4.79 Å². The number of hydrogen-bond acceptors (Lipinski definition) is 4. The van der Waals surface area contributed by atoms with Crippen LogP contribution in [0.3, 0.4) is 0 Å². The molecule has 7 nitrogen and oxygen atoms in total. The molecule has 1 saturated heterocycles. The highest BCUT2D eigenvalue weighted by molar-refractivity contribution is 5.76. The van der Waals surface area contributed by atoms with Crippen LogP contribution in [0.5, 0.6) is 5.75 Å². The van der Waals surface area contributed by atoms with Gasteiger partial charge in [-0.25, -0.2) is 4.79 Å². The summed E-state index contributed by atoms with van der Waals surface area (Å²) in [5.74, 6) is 0.518. The lowest BCUT2D eigenvalue weighted by Gasteiger charge is -2.31. The molecule has 3 amide bonds. The zero-order chi connectivity index (χ0) is 17.4. The van der Waals surface area contributed by atoms with E-state index in [9.17, 15) is 9.59 Å². The average Bonchev–Trinajstić information content (AvgIpc) is 2.57. The molecule has 1 aliphatic rings. The summed E-state index contributed by atoms with van der Waals surface area (Å²) >= 11 is 0. The highest BCUT2D eigenvalue weighted by atomic mass is 16.5. The Labute approximate surface area is 142 Å². The molecule has 0 unspecified atom stereocenters. The average molecular weight is 334 g/mol. The zero-order valence-electron chi connectivity index (χ0n) is 14.1. The Morgan fingerprint density at radius 1 is 1.25 bits per heavy atom. The van der Waals surface area contributed by atoms with Crippen LogP contribution < -0.4 is 21.1 Å². The van der Waals surface area contributed by atoms with Gasteiger partial charge in [0.1, 0.15) is 5.75 Å².